The molecule has 1 fully saturated rings. The lowest BCUT2D eigenvalue weighted by Crippen LogP contribution is -2.42. The summed E-state index contributed by atoms with van der Waals surface area (Å²) in [7, 11) is -3.05. The van der Waals surface area contributed by atoms with E-state index < -0.39 is 10.0 Å². The van der Waals surface area contributed by atoms with Crippen LogP contribution in [0.5, 0.6) is 0 Å². The van der Waals surface area contributed by atoms with E-state index in [1.165, 1.54) is 5.56 Å². The third kappa shape index (κ3) is 8.03. The van der Waals surface area contributed by atoms with Crippen molar-refractivity contribution < 1.29 is 8.42 Å². The van der Waals surface area contributed by atoms with Crippen molar-refractivity contribution in [1.82, 2.24) is 19.8 Å². The number of guanidine groups is 1. The summed E-state index contributed by atoms with van der Waals surface area (Å²) in [6.45, 7) is 11.3. The second-order valence-corrected chi connectivity index (χ2v) is 8.95. The Morgan fingerprint density at radius 2 is 1.86 bits per heavy atom. The summed E-state index contributed by atoms with van der Waals surface area (Å²) in [4.78, 5) is 7.19. The molecule has 2 N–H and O–H groups in total. The molecule has 1 aromatic carbocycles. The Balaban J connectivity index is 0.00000420. The van der Waals surface area contributed by atoms with Gasteiger partial charge in [0.1, 0.15) is 0 Å². The topological polar surface area (TPSA) is 77.0 Å². The average Bonchev–Trinajstić information content (AvgIpc) is 3.03. The minimum Gasteiger partial charge on any atom is -0.357 e. The summed E-state index contributed by atoms with van der Waals surface area (Å²) in [6, 6.07) is 10.7. The Morgan fingerprint density at radius 1 is 1.17 bits per heavy atom. The van der Waals surface area contributed by atoms with Crippen LogP contribution in [0.25, 0.3) is 0 Å². The third-order valence-corrected chi connectivity index (χ3v) is 7.02. The number of nitrogens with one attached hydrogen (secondary N) is 2. The van der Waals surface area contributed by atoms with Gasteiger partial charge in [0, 0.05) is 26.2 Å². The summed E-state index contributed by atoms with van der Waals surface area (Å²) in [5.41, 5.74) is 1.26. The molecule has 1 atom stereocenters. The number of nitrogens with zero attached hydrogens (tertiary/aromatic N) is 3. The number of halogens is 1. The highest BCUT2D eigenvalue weighted by atomic mass is 127. The van der Waals surface area contributed by atoms with E-state index in [9.17, 15) is 8.42 Å². The molecule has 9 heteroatoms. The first-order valence-corrected chi connectivity index (χ1v) is 11.9. The van der Waals surface area contributed by atoms with Crippen LogP contribution in [0, 0.1) is 0 Å². The Morgan fingerprint density at radius 3 is 2.41 bits per heavy atom. The van der Waals surface area contributed by atoms with Gasteiger partial charge in [-0.25, -0.2) is 12.7 Å². The molecule has 1 aliphatic rings. The van der Waals surface area contributed by atoms with Crippen LogP contribution in [0.2, 0.25) is 0 Å². The lowest BCUT2D eigenvalue weighted by molar-refractivity contribution is 0.224. The van der Waals surface area contributed by atoms with Gasteiger partial charge in [0.05, 0.1) is 18.3 Å². The molecule has 2 rings (SSSR count). The van der Waals surface area contributed by atoms with Crippen molar-refractivity contribution in [3.63, 3.8) is 0 Å². The number of rotatable bonds is 10. The maximum atomic E-state index is 11.9. The van der Waals surface area contributed by atoms with Crippen LogP contribution in [-0.4, -0.2) is 75.1 Å². The summed E-state index contributed by atoms with van der Waals surface area (Å²) in [6.07, 6.45) is 0.721. The Hall–Kier alpha value is -0.910. The second-order valence-electron chi connectivity index (χ2n) is 6.86. The summed E-state index contributed by atoms with van der Waals surface area (Å²) in [5, 5.41) is 6.54. The fourth-order valence-corrected chi connectivity index (χ4v) is 5.06. The summed E-state index contributed by atoms with van der Waals surface area (Å²) < 4.78 is 25.4. The lowest BCUT2D eigenvalue weighted by Gasteiger charge is -2.29. The molecule has 0 spiro atoms. The van der Waals surface area contributed by atoms with Gasteiger partial charge in [-0.05, 0) is 32.0 Å². The molecular formula is C20H36IN5O2S. The van der Waals surface area contributed by atoms with Crippen molar-refractivity contribution in [3.05, 3.63) is 35.9 Å². The minimum absolute atomic E-state index is 0. The highest BCUT2D eigenvalue weighted by molar-refractivity contribution is 14.0. The molecule has 1 aliphatic heterocycles. The molecule has 1 unspecified atom stereocenters. The van der Waals surface area contributed by atoms with E-state index in [1.807, 2.05) is 13.0 Å². The maximum absolute atomic E-state index is 11.9. The molecule has 0 amide bonds. The predicted octanol–water partition coefficient (Wildman–Crippen LogP) is 2.28. The van der Waals surface area contributed by atoms with Gasteiger partial charge in [-0.3, -0.25) is 9.89 Å². The summed E-state index contributed by atoms with van der Waals surface area (Å²) in [5.74, 6) is 0.997. The maximum Gasteiger partial charge on any atom is 0.214 e. The van der Waals surface area contributed by atoms with Gasteiger partial charge in [-0.2, -0.15) is 0 Å². The molecule has 0 bridgehead atoms. The fourth-order valence-electron chi connectivity index (χ4n) is 3.53. The molecule has 0 aromatic heterocycles. The van der Waals surface area contributed by atoms with E-state index in [2.05, 4.69) is 53.6 Å². The van der Waals surface area contributed by atoms with Crippen LogP contribution in [0.3, 0.4) is 0 Å². The Kier molecular flexibility index (Phi) is 12.1. The van der Waals surface area contributed by atoms with Gasteiger partial charge in [-0.1, -0.05) is 44.2 Å². The zero-order chi connectivity index (χ0) is 20.4. The highest BCUT2D eigenvalue weighted by Gasteiger charge is 2.27. The smallest absolute Gasteiger partial charge is 0.214 e. The van der Waals surface area contributed by atoms with Crippen LogP contribution >= 0.6 is 24.0 Å². The van der Waals surface area contributed by atoms with Crippen LogP contribution in [0.1, 0.15) is 38.8 Å². The number of benzene rings is 1. The van der Waals surface area contributed by atoms with Gasteiger partial charge in [0.25, 0.3) is 0 Å². The van der Waals surface area contributed by atoms with Crippen molar-refractivity contribution in [2.45, 2.75) is 33.2 Å². The Labute approximate surface area is 193 Å². The largest absolute Gasteiger partial charge is 0.357 e. The first-order valence-electron chi connectivity index (χ1n) is 10.3. The SMILES string of the molecule is CCNC(=NCC(c1ccccc1)N(CC)CC)NCCN1CCCS1(=O)=O.I. The molecule has 29 heavy (non-hydrogen) atoms. The molecule has 1 saturated heterocycles. The zero-order valence-electron chi connectivity index (χ0n) is 17.8. The van der Waals surface area contributed by atoms with Crippen molar-refractivity contribution in [3.8, 4) is 0 Å². The van der Waals surface area contributed by atoms with Crippen LogP contribution < -0.4 is 10.6 Å². The molecule has 166 valence electrons. The normalized spacial score (nSPS) is 17.7. The van der Waals surface area contributed by atoms with E-state index in [-0.39, 0.29) is 35.8 Å². The molecule has 0 aliphatic carbocycles. The standard InChI is InChI=1S/C20H35N5O2S.HI/c1-4-21-20(22-13-15-25-14-10-16-28(25,26)27)23-17-19(24(5-2)6-3)18-11-8-7-9-12-18;/h7-9,11-12,19H,4-6,10,13-17H2,1-3H3,(H2,21,22,23);1H. The van der Waals surface area contributed by atoms with Crippen molar-refractivity contribution in [2.75, 3.05) is 51.6 Å². The number of aliphatic imine (C=N–C) groups is 1. The van der Waals surface area contributed by atoms with Gasteiger partial charge in [0.15, 0.2) is 5.96 Å². The number of hydrogen-bond acceptors (Lipinski definition) is 4. The van der Waals surface area contributed by atoms with Crippen LogP contribution in [0.15, 0.2) is 35.3 Å². The van der Waals surface area contributed by atoms with Crippen molar-refractivity contribution >= 4 is 40.0 Å². The van der Waals surface area contributed by atoms with Gasteiger partial charge >= 0.3 is 0 Å². The van der Waals surface area contributed by atoms with Crippen molar-refractivity contribution in [2.24, 2.45) is 4.99 Å². The highest BCUT2D eigenvalue weighted by Crippen LogP contribution is 2.20. The zero-order valence-corrected chi connectivity index (χ0v) is 20.9. The molecule has 0 radical (unpaired) electrons. The van der Waals surface area contributed by atoms with Crippen molar-refractivity contribution in [1.29, 1.82) is 0 Å². The van der Waals surface area contributed by atoms with Gasteiger partial charge < -0.3 is 10.6 Å². The molecular weight excluding hydrogens is 501 g/mol. The van der Waals surface area contributed by atoms with E-state index in [4.69, 9.17) is 4.99 Å². The van der Waals surface area contributed by atoms with E-state index in [1.54, 1.807) is 4.31 Å². The molecule has 1 aromatic rings. The first-order chi connectivity index (χ1) is 13.5. The monoisotopic (exact) mass is 537 g/mol. The Bertz CT molecular complexity index is 711. The first kappa shape index (κ1) is 26.1. The molecule has 1 heterocycles. The molecule has 7 nitrogen and oxygen atoms in total. The second kappa shape index (κ2) is 13.4. The van der Waals surface area contributed by atoms with Crippen LogP contribution in [-0.2, 0) is 10.0 Å². The van der Waals surface area contributed by atoms with E-state index in [0.29, 0.717) is 26.2 Å². The van der Waals surface area contributed by atoms with Gasteiger partial charge in [0.2, 0.25) is 10.0 Å². The summed E-state index contributed by atoms with van der Waals surface area (Å²) >= 11 is 0. The third-order valence-electron chi connectivity index (χ3n) is 5.06. The number of hydrogen-bond donors (Lipinski definition) is 2. The number of sulfonamides is 1. The quantitative estimate of drug-likeness (QED) is 0.272. The van der Waals surface area contributed by atoms with E-state index in [0.717, 1.165) is 32.0 Å². The van der Waals surface area contributed by atoms with Crippen LogP contribution in [0.4, 0.5) is 0 Å². The average molecular weight is 538 g/mol. The molecule has 0 saturated carbocycles. The van der Waals surface area contributed by atoms with Gasteiger partial charge in [-0.15, -0.1) is 24.0 Å². The fraction of sp³-hybridized carbons (Fsp3) is 0.650. The number of likely N-dealkylation sites (N-methyl/N-ethyl adjacent to an activating group) is 1. The minimum atomic E-state index is -3.05. The predicted molar refractivity (Wildman–Crippen MR) is 131 cm³/mol. The lowest BCUT2D eigenvalue weighted by atomic mass is 10.1. The van der Waals surface area contributed by atoms with E-state index >= 15 is 0 Å².